The number of likely N-dealkylation sites (tertiary alicyclic amines) is 1. The summed E-state index contributed by atoms with van der Waals surface area (Å²) in [6.45, 7) is 3.48. The zero-order valence-corrected chi connectivity index (χ0v) is 9.70. The predicted molar refractivity (Wildman–Crippen MR) is 64.4 cm³/mol. The Hall–Kier alpha value is -1.22. The van der Waals surface area contributed by atoms with Crippen molar-refractivity contribution in [3.05, 3.63) is 23.8 Å². The largest absolute Gasteiger partial charge is 0.496 e. The molecule has 1 saturated heterocycles. The summed E-state index contributed by atoms with van der Waals surface area (Å²) in [6, 6.07) is 5.87. The summed E-state index contributed by atoms with van der Waals surface area (Å²) in [5, 5.41) is 0. The molecule has 2 N–H and O–H groups in total. The lowest BCUT2D eigenvalue weighted by Crippen LogP contribution is -2.47. The summed E-state index contributed by atoms with van der Waals surface area (Å²) in [5.74, 6) is 0.950. The third-order valence-corrected chi connectivity index (χ3v) is 3.77. The number of benzene rings is 1. The third-order valence-electron chi connectivity index (χ3n) is 3.77. The van der Waals surface area contributed by atoms with E-state index >= 15 is 0 Å². The topological polar surface area (TPSA) is 38.5 Å². The zero-order chi connectivity index (χ0) is 11.2. The van der Waals surface area contributed by atoms with Crippen LogP contribution in [0.2, 0.25) is 0 Å². The van der Waals surface area contributed by atoms with Gasteiger partial charge in [0.1, 0.15) is 5.75 Å². The van der Waals surface area contributed by atoms with Gasteiger partial charge in [0, 0.05) is 30.9 Å². The van der Waals surface area contributed by atoms with Crippen molar-refractivity contribution in [1.29, 1.82) is 0 Å². The van der Waals surface area contributed by atoms with E-state index in [0.29, 0.717) is 5.41 Å². The molecule has 1 saturated carbocycles. The lowest BCUT2D eigenvalue weighted by Gasteiger charge is -2.40. The minimum Gasteiger partial charge on any atom is -0.496 e. The fourth-order valence-corrected chi connectivity index (χ4v) is 2.67. The van der Waals surface area contributed by atoms with Gasteiger partial charge in [0.2, 0.25) is 0 Å². The molecule has 0 bridgehead atoms. The zero-order valence-electron chi connectivity index (χ0n) is 9.70. The van der Waals surface area contributed by atoms with Crippen LogP contribution in [0.25, 0.3) is 0 Å². The number of methoxy groups -OCH3 is 1. The molecule has 0 amide bonds. The van der Waals surface area contributed by atoms with E-state index in [1.54, 1.807) is 7.11 Å². The first-order valence-electron chi connectivity index (χ1n) is 5.86. The van der Waals surface area contributed by atoms with Crippen LogP contribution in [0.3, 0.4) is 0 Å². The lowest BCUT2D eigenvalue weighted by atomic mass is 9.96. The number of ether oxygens (including phenoxy) is 1. The van der Waals surface area contributed by atoms with Crippen molar-refractivity contribution >= 4 is 5.69 Å². The molecule has 1 aromatic rings. The molecule has 1 heterocycles. The second kappa shape index (κ2) is 3.39. The smallest absolute Gasteiger partial charge is 0.123 e. The van der Waals surface area contributed by atoms with Crippen molar-refractivity contribution in [3.8, 4) is 5.75 Å². The second-order valence-corrected chi connectivity index (χ2v) is 5.22. The van der Waals surface area contributed by atoms with Gasteiger partial charge in [-0.1, -0.05) is 0 Å². The SMILES string of the molecule is COc1ccc(N)cc1CN1CC2(CC2)C1. The Bertz CT molecular complexity index is 404. The number of anilines is 1. The van der Waals surface area contributed by atoms with Crippen molar-refractivity contribution in [2.45, 2.75) is 19.4 Å². The molecule has 0 atom stereocenters. The summed E-state index contributed by atoms with van der Waals surface area (Å²) in [7, 11) is 1.72. The molecular weight excluding hydrogens is 200 g/mol. The molecule has 1 aromatic carbocycles. The first kappa shape index (κ1) is 9.97. The first-order chi connectivity index (χ1) is 7.71. The highest BCUT2D eigenvalue weighted by atomic mass is 16.5. The van der Waals surface area contributed by atoms with E-state index in [4.69, 9.17) is 10.5 Å². The third kappa shape index (κ3) is 1.65. The summed E-state index contributed by atoms with van der Waals surface area (Å²) >= 11 is 0. The molecule has 16 heavy (non-hydrogen) atoms. The molecule has 2 fully saturated rings. The number of nitrogen functional groups attached to an aromatic ring is 1. The average Bonchev–Trinajstić information content (AvgIpc) is 2.98. The fraction of sp³-hybridized carbons (Fsp3) is 0.538. The van der Waals surface area contributed by atoms with Crippen LogP contribution in [0, 0.1) is 5.41 Å². The van der Waals surface area contributed by atoms with Crippen LogP contribution in [0.1, 0.15) is 18.4 Å². The van der Waals surface area contributed by atoms with Gasteiger partial charge in [0.15, 0.2) is 0 Å². The van der Waals surface area contributed by atoms with Gasteiger partial charge in [-0.2, -0.15) is 0 Å². The predicted octanol–water partition coefficient (Wildman–Crippen LogP) is 1.87. The van der Waals surface area contributed by atoms with Crippen LogP contribution in [0.4, 0.5) is 5.69 Å². The normalized spacial score (nSPS) is 21.8. The Balaban J connectivity index is 1.70. The Morgan fingerprint density at radius 2 is 2.12 bits per heavy atom. The van der Waals surface area contributed by atoms with Crippen molar-refractivity contribution < 1.29 is 4.74 Å². The van der Waals surface area contributed by atoms with E-state index in [9.17, 15) is 0 Å². The van der Waals surface area contributed by atoms with Crippen LogP contribution < -0.4 is 10.5 Å². The molecule has 3 heteroatoms. The van der Waals surface area contributed by atoms with Crippen LogP contribution in [0.15, 0.2) is 18.2 Å². The molecule has 0 aromatic heterocycles. The van der Waals surface area contributed by atoms with Crippen LogP contribution >= 0.6 is 0 Å². The molecular formula is C13H18N2O. The number of nitrogens with two attached hydrogens (primary N) is 1. The van der Waals surface area contributed by atoms with Gasteiger partial charge in [-0.3, -0.25) is 4.90 Å². The summed E-state index contributed by atoms with van der Waals surface area (Å²) in [6.07, 6.45) is 2.86. The molecule has 86 valence electrons. The van der Waals surface area contributed by atoms with E-state index in [1.807, 2.05) is 18.2 Å². The highest BCUT2D eigenvalue weighted by molar-refractivity contribution is 5.47. The maximum Gasteiger partial charge on any atom is 0.123 e. The molecule has 1 aliphatic carbocycles. The maximum absolute atomic E-state index is 5.81. The molecule has 0 radical (unpaired) electrons. The quantitative estimate of drug-likeness (QED) is 0.787. The van der Waals surface area contributed by atoms with Crippen LogP contribution in [-0.2, 0) is 6.54 Å². The van der Waals surface area contributed by atoms with Crippen molar-refractivity contribution in [2.24, 2.45) is 5.41 Å². The molecule has 1 spiro atoms. The number of hydrogen-bond acceptors (Lipinski definition) is 3. The summed E-state index contributed by atoms with van der Waals surface area (Å²) in [5.41, 5.74) is 8.55. The Labute approximate surface area is 96.2 Å². The van der Waals surface area contributed by atoms with Crippen molar-refractivity contribution in [2.75, 3.05) is 25.9 Å². The molecule has 2 aliphatic rings. The first-order valence-corrected chi connectivity index (χ1v) is 5.86. The van der Waals surface area contributed by atoms with Gasteiger partial charge >= 0.3 is 0 Å². The van der Waals surface area contributed by atoms with Crippen molar-refractivity contribution in [1.82, 2.24) is 4.90 Å². The van der Waals surface area contributed by atoms with E-state index in [2.05, 4.69) is 4.90 Å². The van der Waals surface area contributed by atoms with E-state index in [0.717, 1.165) is 18.0 Å². The number of hydrogen-bond donors (Lipinski definition) is 1. The Kier molecular flexibility index (Phi) is 2.11. The van der Waals surface area contributed by atoms with Crippen LogP contribution in [-0.4, -0.2) is 25.1 Å². The van der Waals surface area contributed by atoms with Crippen LogP contribution in [0.5, 0.6) is 5.75 Å². The molecule has 0 unspecified atom stereocenters. The average molecular weight is 218 g/mol. The lowest BCUT2D eigenvalue weighted by molar-refractivity contribution is 0.0731. The minimum absolute atomic E-state index is 0.716. The molecule has 3 rings (SSSR count). The van der Waals surface area contributed by atoms with Gasteiger partial charge in [-0.25, -0.2) is 0 Å². The minimum atomic E-state index is 0.716. The summed E-state index contributed by atoms with van der Waals surface area (Å²) in [4.78, 5) is 2.48. The van der Waals surface area contributed by atoms with Gasteiger partial charge in [-0.05, 0) is 36.5 Å². The highest BCUT2D eigenvalue weighted by Crippen LogP contribution is 2.53. The van der Waals surface area contributed by atoms with E-state index in [1.165, 1.54) is 31.5 Å². The molecule has 3 nitrogen and oxygen atoms in total. The van der Waals surface area contributed by atoms with Gasteiger partial charge in [-0.15, -0.1) is 0 Å². The second-order valence-electron chi connectivity index (χ2n) is 5.22. The number of rotatable bonds is 3. The maximum atomic E-state index is 5.81. The highest BCUT2D eigenvalue weighted by Gasteiger charge is 2.51. The molecule has 1 aliphatic heterocycles. The Morgan fingerprint density at radius 1 is 1.38 bits per heavy atom. The monoisotopic (exact) mass is 218 g/mol. The van der Waals surface area contributed by atoms with Gasteiger partial charge < -0.3 is 10.5 Å². The number of nitrogens with zero attached hydrogens (tertiary/aromatic N) is 1. The fourth-order valence-electron chi connectivity index (χ4n) is 2.67. The van der Waals surface area contributed by atoms with Crippen molar-refractivity contribution in [3.63, 3.8) is 0 Å². The standard InChI is InChI=1S/C13H18N2O/c1-16-12-3-2-11(14)6-10(12)7-15-8-13(9-15)4-5-13/h2-3,6H,4-5,7-9,14H2,1H3. The van der Waals surface area contributed by atoms with E-state index in [-0.39, 0.29) is 0 Å². The Morgan fingerprint density at radius 3 is 2.75 bits per heavy atom. The van der Waals surface area contributed by atoms with Gasteiger partial charge in [0.25, 0.3) is 0 Å². The van der Waals surface area contributed by atoms with E-state index < -0.39 is 0 Å². The summed E-state index contributed by atoms with van der Waals surface area (Å²) < 4.78 is 5.36. The van der Waals surface area contributed by atoms with Gasteiger partial charge in [0.05, 0.1) is 7.11 Å².